The van der Waals surface area contributed by atoms with Crippen molar-refractivity contribution in [3.05, 3.63) is 71.8 Å². The number of urea groups is 1. The van der Waals surface area contributed by atoms with Crippen molar-refractivity contribution < 1.29 is 14.9 Å². The zero-order chi connectivity index (χ0) is 18.1. The summed E-state index contributed by atoms with van der Waals surface area (Å²) < 4.78 is 0. The maximum absolute atomic E-state index is 12.6. The van der Waals surface area contributed by atoms with Gasteiger partial charge in [0.2, 0.25) is 0 Å². The van der Waals surface area contributed by atoms with Crippen LogP contribution in [0.3, 0.4) is 0 Å². The topological polar surface area (TPSA) is 74.8 Å². The Kier molecular flexibility index (Phi) is 7.16. The number of benzene rings is 2. The van der Waals surface area contributed by atoms with E-state index in [0.717, 1.165) is 12.1 Å². The molecule has 0 aliphatic heterocycles. The van der Waals surface area contributed by atoms with Crippen molar-refractivity contribution in [1.82, 2.24) is 10.6 Å². The van der Waals surface area contributed by atoms with Crippen LogP contribution >= 0.6 is 0 Å². The second-order valence-corrected chi connectivity index (χ2v) is 6.02. The number of imide groups is 1. The molecule has 2 aromatic carbocycles. The first-order valence-corrected chi connectivity index (χ1v) is 8.63. The molecule has 0 aromatic heterocycles. The van der Waals surface area contributed by atoms with Gasteiger partial charge in [0, 0.05) is 18.0 Å². The van der Waals surface area contributed by atoms with Crippen molar-refractivity contribution in [1.29, 1.82) is 0 Å². The smallest absolute Gasteiger partial charge is 0.321 e. The van der Waals surface area contributed by atoms with E-state index in [2.05, 4.69) is 29.7 Å². The number of hydrogen-bond donors (Lipinski definition) is 3. The quantitative estimate of drug-likeness (QED) is 0.720. The monoisotopic (exact) mass is 340 g/mol. The van der Waals surface area contributed by atoms with Crippen LogP contribution in [-0.4, -0.2) is 25.0 Å². The van der Waals surface area contributed by atoms with Gasteiger partial charge in [0.25, 0.3) is 5.91 Å². The van der Waals surface area contributed by atoms with Crippen LogP contribution in [0.1, 0.15) is 36.9 Å². The molecule has 5 nitrogen and oxygen atoms in total. The van der Waals surface area contributed by atoms with Crippen LogP contribution in [0.25, 0.3) is 0 Å². The first kappa shape index (κ1) is 18.7. The lowest BCUT2D eigenvalue weighted by molar-refractivity contribution is -0.684. The number of hydrogen-bond acceptors (Lipinski definition) is 2. The summed E-state index contributed by atoms with van der Waals surface area (Å²) in [6.45, 7) is 5.16. The summed E-state index contributed by atoms with van der Waals surface area (Å²) in [6, 6.07) is 18.8. The number of carbonyl (C=O) groups excluding carboxylic acids is 2. The van der Waals surface area contributed by atoms with Crippen molar-refractivity contribution in [2.75, 3.05) is 13.1 Å². The lowest BCUT2D eigenvalue weighted by Crippen LogP contribution is -2.88. The predicted octanol–water partition coefficient (Wildman–Crippen LogP) is 1.94. The molecule has 5 heteroatoms. The van der Waals surface area contributed by atoms with Gasteiger partial charge in [-0.05, 0) is 12.5 Å². The van der Waals surface area contributed by atoms with Gasteiger partial charge in [-0.25, -0.2) is 4.79 Å². The third-order valence-electron chi connectivity index (χ3n) is 4.11. The molecule has 0 saturated carbocycles. The molecule has 2 rings (SSSR count). The van der Waals surface area contributed by atoms with Crippen molar-refractivity contribution in [3.63, 3.8) is 0 Å². The minimum absolute atomic E-state index is 0.296. The van der Waals surface area contributed by atoms with Gasteiger partial charge in [0.05, 0.1) is 6.54 Å². The van der Waals surface area contributed by atoms with Crippen LogP contribution in [0, 0.1) is 0 Å². The highest BCUT2D eigenvalue weighted by Crippen LogP contribution is 2.13. The van der Waals surface area contributed by atoms with Crippen LogP contribution < -0.4 is 16.0 Å². The standard InChI is InChI=1S/C20H25N3O2/c1-3-21-20(25)23-19(24)18(17-12-8-5-9-13-17)22-14-15(2)16-10-6-4-7-11-16/h4-13,15,18,22H,3,14H2,1-2H3,(H2,21,23,24,25)/p+1/t15-,18-/m0/s1. The van der Waals surface area contributed by atoms with E-state index in [1.54, 1.807) is 0 Å². The van der Waals surface area contributed by atoms with Crippen molar-refractivity contribution in [3.8, 4) is 0 Å². The number of amides is 3. The molecule has 2 atom stereocenters. The molecular weight excluding hydrogens is 314 g/mol. The lowest BCUT2D eigenvalue weighted by atomic mass is 10.00. The van der Waals surface area contributed by atoms with E-state index < -0.39 is 12.1 Å². The highest BCUT2D eigenvalue weighted by molar-refractivity contribution is 5.96. The number of quaternary nitrogens is 1. The molecule has 0 unspecified atom stereocenters. The number of rotatable bonds is 7. The fraction of sp³-hybridized carbons (Fsp3) is 0.300. The van der Waals surface area contributed by atoms with E-state index in [-0.39, 0.29) is 5.91 Å². The molecule has 2 aromatic rings. The normalized spacial score (nSPS) is 12.9. The summed E-state index contributed by atoms with van der Waals surface area (Å²) in [4.78, 5) is 24.3. The van der Waals surface area contributed by atoms with Crippen LogP contribution in [0.15, 0.2) is 60.7 Å². The molecule has 0 radical (unpaired) electrons. The molecule has 3 amide bonds. The minimum atomic E-state index is -0.463. The summed E-state index contributed by atoms with van der Waals surface area (Å²) in [5.41, 5.74) is 2.11. The van der Waals surface area contributed by atoms with E-state index in [4.69, 9.17) is 0 Å². The first-order valence-electron chi connectivity index (χ1n) is 8.63. The Morgan fingerprint density at radius 1 is 0.960 bits per heavy atom. The van der Waals surface area contributed by atoms with E-state index in [1.807, 2.05) is 60.8 Å². The van der Waals surface area contributed by atoms with Gasteiger partial charge in [-0.1, -0.05) is 67.6 Å². The van der Waals surface area contributed by atoms with Crippen LogP contribution in [0.5, 0.6) is 0 Å². The van der Waals surface area contributed by atoms with Crippen LogP contribution in [-0.2, 0) is 4.79 Å². The molecule has 0 bridgehead atoms. The second kappa shape index (κ2) is 9.59. The molecule has 0 aliphatic carbocycles. The van der Waals surface area contributed by atoms with E-state index in [9.17, 15) is 9.59 Å². The van der Waals surface area contributed by atoms with Gasteiger partial charge in [0.1, 0.15) is 0 Å². The molecule has 0 aliphatic rings. The highest BCUT2D eigenvalue weighted by atomic mass is 16.2. The molecular formula is C20H26N3O2+. The van der Waals surface area contributed by atoms with Crippen molar-refractivity contribution in [2.24, 2.45) is 0 Å². The summed E-state index contributed by atoms with van der Waals surface area (Å²) in [5.74, 6) is -0.0120. The van der Waals surface area contributed by atoms with Gasteiger partial charge in [0.15, 0.2) is 6.04 Å². The molecule has 0 heterocycles. The van der Waals surface area contributed by atoms with Gasteiger partial charge in [-0.2, -0.15) is 0 Å². The molecule has 0 fully saturated rings. The van der Waals surface area contributed by atoms with E-state index >= 15 is 0 Å². The number of carbonyl (C=O) groups is 2. The van der Waals surface area contributed by atoms with E-state index in [0.29, 0.717) is 12.5 Å². The van der Waals surface area contributed by atoms with Crippen LogP contribution in [0.2, 0.25) is 0 Å². The van der Waals surface area contributed by atoms with Crippen molar-refractivity contribution in [2.45, 2.75) is 25.8 Å². The Morgan fingerprint density at radius 2 is 1.52 bits per heavy atom. The predicted molar refractivity (Wildman–Crippen MR) is 98.0 cm³/mol. The Labute approximate surface area is 148 Å². The average molecular weight is 340 g/mol. The molecule has 132 valence electrons. The largest absolute Gasteiger partial charge is 0.338 e. The first-order chi connectivity index (χ1) is 12.1. The Hall–Kier alpha value is -2.66. The fourth-order valence-corrected chi connectivity index (χ4v) is 2.71. The SMILES string of the molecule is CCNC(=O)NC(=O)[C@@H]([NH2+]C[C@H](C)c1ccccc1)c1ccccc1. The molecule has 25 heavy (non-hydrogen) atoms. The van der Waals surface area contributed by atoms with E-state index in [1.165, 1.54) is 5.56 Å². The summed E-state index contributed by atoms with van der Waals surface area (Å²) in [7, 11) is 0. The maximum Gasteiger partial charge on any atom is 0.321 e. The number of nitrogens with two attached hydrogens (primary N) is 1. The Bertz CT molecular complexity index is 674. The average Bonchev–Trinajstić information content (AvgIpc) is 2.63. The molecule has 0 saturated heterocycles. The second-order valence-electron chi connectivity index (χ2n) is 6.02. The Morgan fingerprint density at radius 3 is 2.08 bits per heavy atom. The zero-order valence-electron chi connectivity index (χ0n) is 14.7. The number of nitrogens with one attached hydrogen (secondary N) is 2. The molecule has 0 spiro atoms. The highest BCUT2D eigenvalue weighted by Gasteiger charge is 2.26. The fourth-order valence-electron chi connectivity index (χ4n) is 2.71. The minimum Gasteiger partial charge on any atom is -0.338 e. The molecule has 4 N–H and O–H groups in total. The van der Waals surface area contributed by atoms with Gasteiger partial charge < -0.3 is 10.6 Å². The summed E-state index contributed by atoms with van der Waals surface area (Å²) in [5, 5.41) is 7.00. The maximum atomic E-state index is 12.6. The van der Waals surface area contributed by atoms with Gasteiger partial charge in [-0.3, -0.25) is 10.1 Å². The van der Waals surface area contributed by atoms with Gasteiger partial charge in [-0.15, -0.1) is 0 Å². The van der Waals surface area contributed by atoms with Crippen molar-refractivity contribution >= 4 is 11.9 Å². The lowest BCUT2D eigenvalue weighted by Gasteiger charge is -2.18. The summed E-state index contributed by atoms with van der Waals surface area (Å²) in [6.07, 6.45) is 0. The van der Waals surface area contributed by atoms with Gasteiger partial charge >= 0.3 is 6.03 Å². The van der Waals surface area contributed by atoms with Crippen LogP contribution in [0.4, 0.5) is 4.79 Å². The Balaban J connectivity index is 2.07. The summed E-state index contributed by atoms with van der Waals surface area (Å²) >= 11 is 0. The zero-order valence-corrected chi connectivity index (χ0v) is 14.7. The third-order valence-corrected chi connectivity index (χ3v) is 4.11. The third kappa shape index (κ3) is 5.72.